The normalized spacial score (nSPS) is 13.8. The number of aliphatic hydroxyl groups is 1. The molecule has 0 fully saturated rings. The number of hydrogen-bond acceptors (Lipinski definition) is 5. The van der Waals surface area contributed by atoms with Gasteiger partial charge in [-0.2, -0.15) is 0 Å². The molecular formula is C28H39N3O5. The third-order valence-electron chi connectivity index (χ3n) is 5.78. The minimum atomic E-state index is -1.28. The average molecular weight is 498 g/mol. The molecule has 3 N–H and O–H groups in total. The van der Waals surface area contributed by atoms with E-state index in [1.54, 1.807) is 32.9 Å². The molecule has 3 amide bonds. The number of amides is 3. The minimum absolute atomic E-state index is 0.375. The summed E-state index contributed by atoms with van der Waals surface area (Å²) in [5.41, 5.74) is 2.31. The molecule has 0 saturated carbocycles. The van der Waals surface area contributed by atoms with Gasteiger partial charge < -0.3 is 25.4 Å². The van der Waals surface area contributed by atoms with Gasteiger partial charge in [-0.15, -0.1) is 0 Å². The van der Waals surface area contributed by atoms with Gasteiger partial charge in [0.05, 0.1) is 6.61 Å². The van der Waals surface area contributed by atoms with Gasteiger partial charge in [0.25, 0.3) is 5.91 Å². The van der Waals surface area contributed by atoms with Gasteiger partial charge in [-0.3, -0.25) is 9.59 Å². The maximum atomic E-state index is 13.8. The average Bonchev–Trinajstić information content (AvgIpc) is 2.80. The fraction of sp³-hybridized carbons (Fsp3) is 0.464. The summed E-state index contributed by atoms with van der Waals surface area (Å²) in [4.78, 5) is 41.4. The second kappa shape index (κ2) is 12.5. The van der Waals surface area contributed by atoms with Crippen LogP contribution in [0.2, 0.25) is 0 Å². The first kappa shape index (κ1) is 28.8. The Morgan fingerprint density at radius 2 is 1.72 bits per heavy atom. The standard InChI is InChI=1S/C28H39N3O5/c1-8-20(4)31(26(34)23(17-32)30-27(35)36-28(5,6)7)24(21-14-11-12-18(2)16-21)25(33)29-22-15-10-9-13-19(22)3/h9-16,20,23-24,32H,8,17H2,1-7H3,(H,29,33)(H,30,35). The molecule has 2 rings (SSSR count). The van der Waals surface area contributed by atoms with Gasteiger partial charge in [-0.05, 0) is 65.2 Å². The lowest BCUT2D eigenvalue weighted by atomic mass is 9.98. The zero-order valence-corrected chi connectivity index (χ0v) is 22.3. The van der Waals surface area contributed by atoms with Gasteiger partial charge in [-0.1, -0.05) is 55.0 Å². The third-order valence-corrected chi connectivity index (χ3v) is 5.78. The molecule has 0 aliphatic heterocycles. The van der Waals surface area contributed by atoms with Gasteiger partial charge in [0.1, 0.15) is 17.7 Å². The molecule has 0 saturated heterocycles. The number of rotatable bonds is 9. The number of benzene rings is 2. The monoisotopic (exact) mass is 497 g/mol. The van der Waals surface area contributed by atoms with Crippen LogP contribution in [0.1, 0.15) is 63.8 Å². The largest absolute Gasteiger partial charge is 0.444 e. The number of aliphatic hydroxyl groups excluding tert-OH is 1. The summed E-state index contributed by atoms with van der Waals surface area (Å²) in [7, 11) is 0. The van der Waals surface area contributed by atoms with Crippen LogP contribution >= 0.6 is 0 Å². The molecule has 3 unspecified atom stereocenters. The summed E-state index contributed by atoms with van der Waals surface area (Å²) >= 11 is 0. The van der Waals surface area contributed by atoms with E-state index in [0.717, 1.165) is 11.1 Å². The number of nitrogens with one attached hydrogen (secondary N) is 2. The lowest BCUT2D eigenvalue weighted by Gasteiger charge is -2.38. The molecule has 8 nitrogen and oxygen atoms in total. The van der Waals surface area contributed by atoms with Crippen molar-refractivity contribution >= 4 is 23.6 Å². The molecule has 0 spiro atoms. The van der Waals surface area contributed by atoms with E-state index in [1.807, 2.05) is 64.1 Å². The van der Waals surface area contributed by atoms with Gasteiger partial charge in [0.15, 0.2) is 0 Å². The zero-order valence-electron chi connectivity index (χ0n) is 22.3. The highest BCUT2D eigenvalue weighted by atomic mass is 16.6. The summed E-state index contributed by atoms with van der Waals surface area (Å²) in [6, 6.07) is 12.1. The maximum absolute atomic E-state index is 13.8. The van der Waals surface area contributed by atoms with E-state index in [2.05, 4.69) is 10.6 Å². The predicted molar refractivity (Wildman–Crippen MR) is 141 cm³/mol. The summed E-state index contributed by atoms with van der Waals surface area (Å²) in [5, 5.41) is 15.5. The number of carbonyl (C=O) groups excluding carboxylic acids is 3. The van der Waals surface area contributed by atoms with Gasteiger partial charge in [0, 0.05) is 11.7 Å². The lowest BCUT2D eigenvalue weighted by molar-refractivity contribution is -0.144. The number of para-hydroxylation sites is 1. The predicted octanol–water partition coefficient (Wildman–Crippen LogP) is 4.50. The van der Waals surface area contributed by atoms with Crippen molar-refractivity contribution in [1.82, 2.24) is 10.2 Å². The zero-order chi connectivity index (χ0) is 27.0. The molecule has 0 bridgehead atoms. The van der Waals surface area contributed by atoms with Crippen LogP contribution in [0.4, 0.5) is 10.5 Å². The summed E-state index contributed by atoms with van der Waals surface area (Å²) < 4.78 is 5.28. The minimum Gasteiger partial charge on any atom is -0.444 e. The Labute approximate surface area is 214 Å². The van der Waals surface area contributed by atoms with Crippen molar-refractivity contribution in [2.24, 2.45) is 0 Å². The lowest BCUT2D eigenvalue weighted by Crippen LogP contribution is -2.56. The van der Waals surface area contributed by atoms with Crippen molar-refractivity contribution in [3.05, 3.63) is 65.2 Å². The number of carbonyl (C=O) groups is 3. The molecule has 3 atom stereocenters. The molecule has 8 heteroatoms. The van der Waals surface area contributed by atoms with Crippen LogP contribution in [0.15, 0.2) is 48.5 Å². The molecule has 0 radical (unpaired) electrons. The van der Waals surface area contributed by atoms with E-state index in [1.165, 1.54) is 4.90 Å². The van der Waals surface area contributed by atoms with Crippen molar-refractivity contribution in [1.29, 1.82) is 0 Å². The number of aryl methyl sites for hydroxylation is 2. The van der Waals surface area contributed by atoms with Crippen LogP contribution < -0.4 is 10.6 Å². The highest BCUT2D eigenvalue weighted by Crippen LogP contribution is 2.28. The molecule has 36 heavy (non-hydrogen) atoms. The van der Waals surface area contributed by atoms with E-state index < -0.39 is 42.2 Å². The van der Waals surface area contributed by atoms with Gasteiger partial charge in [0.2, 0.25) is 5.91 Å². The molecule has 0 aliphatic rings. The van der Waals surface area contributed by atoms with Crippen molar-refractivity contribution in [2.75, 3.05) is 11.9 Å². The molecule has 0 aliphatic carbocycles. The van der Waals surface area contributed by atoms with Crippen LogP contribution in [0, 0.1) is 13.8 Å². The van der Waals surface area contributed by atoms with Crippen molar-refractivity contribution in [3.8, 4) is 0 Å². The maximum Gasteiger partial charge on any atom is 0.408 e. The van der Waals surface area contributed by atoms with E-state index >= 15 is 0 Å². The Bertz CT molecular complexity index is 1060. The topological polar surface area (TPSA) is 108 Å². The molecular weight excluding hydrogens is 458 g/mol. The number of anilines is 1. The molecule has 2 aromatic carbocycles. The van der Waals surface area contributed by atoms with E-state index in [-0.39, 0.29) is 6.04 Å². The highest BCUT2D eigenvalue weighted by molar-refractivity contribution is 5.99. The Hall–Kier alpha value is -3.39. The second-order valence-electron chi connectivity index (χ2n) is 10.0. The van der Waals surface area contributed by atoms with Crippen molar-refractivity contribution < 1.29 is 24.2 Å². The third kappa shape index (κ3) is 7.81. The van der Waals surface area contributed by atoms with Crippen molar-refractivity contribution in [2.45, 2.75) is 78.6 Å². The van der Waals surface area contributed by atoms with Crippen LogP contribution in [0.5, 0.6) is 0 Å². The Morgan fingerprint density at radius 1 is 1.06 bits per heavy atom. The molecule has 0 heterocycles. The Balaban J connectivity index is 2.51. The molecule has 196 valence electrons. The van der Waals surface area contributed by atoms with Crippen LogP contribution in [0.25, 0.3) is 0 Å². The fourth-order valence-electron chi connectivity index (χ4n) is 3.80. The number of nitrogens with zero attached hydrogens (tertiary/aromatic N) is 1. The van der Waals surface area contributed by atoms with Crippen LogP contribution in [0.3, 0.4) is 0 Å². The van der Waals surface area contributed by atoms with Crippen LogP contribution in [-0.4, -0.2) is 52.2 Å². The highest BCUT2D eigenvalue weighted by Gasteiger charge is 2.38. The van der Waals surface area contributed by atoms with E-state index in [0.29, 0.717) is 17.7 Å². The SMILES string of the molecule is CCC(C)N(C(=O)C(CO)NC(=O)OC(C)(C)C)C(C(=O)Nc1ccccc1C)c1cccc(C)c1. The first-order valence-corrected chi connectivity index (χ1v) is 12.2. The summed E-state index contributed by atoms with van der Waals surface area (Å²) in [6.07, 6.45) is -0.272. The number of alkyl carbamates (subject to hydrolysis) is 1. The first-order chi connectivity index (χ1) is 16.9. The second-order valence-corrected chi connectivity index (χ2v) is 10.0. The molecule has 0 aromatic heterocycles. The summed E-state index contributed by atoms with van der Waals surface area (Å²) in [5.74, 6) is -0.971. The molecule has 2 aromatic rings. The quantitative estimate of drug-likeness (QED) is 0.473. The van der Waals surface area contributed by atoms with Crippen molar-refractivity contribution in [3.63, 3.8) is 0 Å². The Morgan fingerprint density at radius 3 is 2.28 bits per heavy atom. The first-order valence-electron chi connectivity index (χ1n) is 12.2. The van der Waals surface area contributed by atoms with Gasteiger partial charge >= 0.3 is 6.09 Å². The number of hydrogen-bond donors (Lipinski definition) is 3. The smallest absolute Gasteiger partial charge is 0.408 e. The fourth-order valence-corrected chi connectivity index (χ4v) is 3.80. The number of ether oxygens (including phenoxy) is 1. The van der Waals surface area contributed by atoms with Gasteiger partial charge in [-0.25, -0.2) is 4.79 Å². The van der Waals surface area contributed by atoms with E-state index in [9.17, 15) is 19.5 Å². The van der Waals surface area contributed by atoms with Crippen LogP contribution in [-0.2, 0) is 14.3 Å². The Kier molecular flexibility index (Phi) is 10.0. The van der Waals surface area contributed by atoms with E-state index in [4.69, 9.17) is 4.74 Å². The summed E-state index contributed by atoms with van der Waals surface area (Å²) in [6.45, 7) is 12.0.